The van der Waals surface area contributed by atoms with Crippen LogP contribution in [0.15, 0.2) is 0 Å². The van der Waals surface area contributed by atoms with Gasteiger partial charge >= 0.3 is 5.97 Å². The van der Waals surface area contributed by atoms with Crippen molar-refractivity contribution < 1.29 is 28.8 Å². The van der Waals surface area contributed by atoms with Gasteiger partial charge in [-0.1, -0.05) is 0 Å². The quantitative estimate of drug-likeness (QED) is 0.498. The van der Waals surface area contributed by atoms with E-state index in [1.807, 2.05) is 0 Å². The summed E-state index contributed by atoms with van der Waals surface area (Å²) in [5.74, 6) is -3.08. The number of hydrogen-bond donors (Lipinski definition) is 2. The summed E-state index contributed by atoms with van der Waals surface area (Å²) in [6, 6.07) is 0. The first-order valence-corrected chi connectivity index (χ1v) is 7.37. The van der Waals surface area contributed by atoms with Crippen LogP contribution in [0.2, 0.25) is 0 Å². The van der Waals surface area contributed by atoms with E-state index >= 15 is 0 Å². The monoisotopic (exact) mass is 254 g/mol. The SMILES string of the molecule is CCOC(CCP(C)(=O)O)(OCC)C(=O)O. The number of aliphatic carboxylic acids is 1. The predicted molar refractivity (Wildman–Crippen MR) is 58.9 cm³/mol. The van der Waals surface area contributed by atoms with E-state index in [1.54, 1.807) is 13.8 Å². The van der Waals surface area contributed by atoms with Crippen molar-refractivity contribution in [1.29, 1.82) is 0 Å². The highest BCUT2D eigenvalue weighted by molar-refractivity contribution is 7.57. The summed E-state index contributed by atoms with van der Waals surface area (Å²) in [5.41, 5.74) is 0. The maximum atomic E-state index is 11.1. The summed E-state index contributed by atoms with van der Waals surface area (Å²) < 4.78 is 21.3. The average Bonchev–Trinajstić information content (AvgIpc) is 2.13. The molecule has 0 aliphatic rings. The fraction of sp³-hybridized carbons (Fsp3) is 0.889. The molecule has 0 saturated heterocycles. The Labute approximate surface area is 95.0 Å². The van der Waals surface area contributed by atoms with Gasteiger partial charge in [-0.3, -0.25) is 4.57 Å². The lowest BCUT2D eigenvalue weighted by atomic mass is 10.2. The summed E-state index contributed by atoms with van der Waals surface area (Å²) >= 11 is 0. The van der Waals surface area contributed by atoms with E-state index in [9.17, 15) is 9.36 Å². The van der Waals surface area contributed by atoms with Gasteiger partial charge in [0.15, 0.2) is 7.37 Å². The molecule has 0 aromatic carbocycles. The molecule has 0 radical (unpaired) electrons. The molecule has 0 saturated carbocycles. The lowest BCUT2D eigenvalue weighted by Crippen LogP contribution is -2.45. The van der Waals surface area contributed by atoms with Crippen LogP contribution in [0.1, 0.15) is 20.3 Å². The molecule has 1 unspecified atom stereocenters. The Hall–Kier alpha value is -0.420. The summed E-state index contributed by atoms with van der Waals surface area (Å²) in [6.45, 7) is 4.78. The Morgan fingerprint density at radius 3 is 2.00 bits per heavy atom. The number of carboxylic acid groups (broad SMARTS) is 1. The Morgan fingerprint density at radius 2 is 1.75 bits per heavy atom. The second-order valence-corrected chi connectivity index (χ2v) is 6.00. The lowest BCUT2D eigenvalue weighted by molar-refractivity contribution is -0.242. The molecule has 96 valence electrons. The van der Waals surface area contributed by atoms with Gasteiger partial charge in [-0.05, 0) is 13.8 Å². The van der Waals surface area contributed by atoms with Crippen molar-refractivity contribution >= 4 is 13.3 Å². The van der Waals surface area contributed by atoms with Gasteiger partial charge in [0.25, 0.3) is 5.79 Å². The van der Waals surface area contributed by atoms with E-state index in [2.05, 4.69) is 0 Å². The van der Waals surface area contributed by atoms with Crippen LogP contribution in [0, 0.1) is 0 Å². The van der Waals surface area contributed by atoms with Crippen LogP contribution in [-0.4, -0.2) is 47.8 Å². The van der Waals surface area contributed by atoms with Crippen LogP contribution >= 0.6 is 7.37 Å². The highest BCUT2D eigenvalue weighted by Crippen LogP contribution is 2.38. The van der Waals surface area contributed by atoms with Crippen molar-refractivity contribution in [2.24, 2.45) is 0 Å². The van der Waals surface area contributed by atoms with Crippen molar-refractivity contribution in [3.63, 3.8) is 0 Å². The van der Waals surface area contributed by atoms with Gasteiger partial charge in [0.2, 0.25) is 0 Å². The third-order valence-corrected chi connectivity index (χ3v) is 2.99. The molecule has 7 heteroatoms. The van der Waals surface area contributed by atoms with Crippen LogP contribution in [-0.2, 0) is 18.8 Å². The van der Waals surface area contributed by atoms with E-state index in [-0.39, 0.29) is 25.8 Å². The second kappa shape index (κ2) is 6.35. The van der Waals surface area contributed by atoms with E-state index in [0.717, 1.165) is 0 Å². The molecule has 0 rings (SSSR count). The predicted octanol–water partition coefficient (Wildman–Crippen LogP) is 1.13. The summed E-state index contributed by atoms with van der Waals surface area (Å²) in [5, 5.41) is 9.06. The summed E-state index contributed by atoms with van der Waals surface area (Å²) in [6.07, 6.45) is -0.298. The van der Waals surface area contributed by atoms with Gasteiger partial charge in [0.05, 0.1) is 0 Å². The average molecular weight is 254 g/mol. The van der Waals surface area contributed by atoms with E-state index in [0.29, 0.717) is 0 Å². The maximum absolute atomic E-state index is 11.1. The van der Waals surface area contributed by atoms with Crippen molar-refractivity contribution in [2.75, 3.05) is 26.0 Å². The van der Waals surface area contributed by atoms with Gasteiger partial charge in [-0.2, -0.15) is 0 Å². The first-order chi connectivity index (χ1) is 7.27. The Morgan fingerprint density at radius 1 is 1.31 bits per heavy atom. The Bertz CT molecular complexity index is 265. The lowest BCUT2D eigenvalue weighted by Gasteiger charge is -2.29. The van der Waals surface area contributed by atoms with Gasteiger partial charge in [0.1, 0.15) is 0 Å². The van der Waals surface area contributed by atoms with E-state index in [1.165, 1.54) is 6.66 Å². The first-order valence-electron chi connectivity index (χ1n) is 5.08. The normalized spacial score (nSPS) is 15.8. The molecular weight excluding hydrogens is 235 g/mol. The fourth-order valence-electron chi connectivity index (χ4n) is 1.24. The number of ether oxygens (including phenoxy) is 2. The first kappa shape index (κ1) is 15.6. The van der Waals surface area contributed by atoms with Crippen LogP contribution in [0.25, 0.3) is 0 Å². The van der Waals surface area contributed by atoms with Gasteiger partial charge < -0.3 is 19.5 Å². The van der Waals surface area contributed by atoms with Crippen molar-refractivity contribution in [2.45, 2.75) is 26.1 Å². The van der Waals surface area contributed by atoms with E-state index in [4.69, 9.17) is 19.5 Å². The molecule has 0 aromatic rings. The zero-order valence-electron chi connectivity index (χ0n) is 9.80. The largest absolute Gasteiger partial charge is 0.477 e. The van der Waals surface area contributed by atoms with Crippen LogP contribution in [0.5, 0.6) is 0 Å². The molecule has 16 heavy (non-hydrogen) atoms. The standard InChI is InChI=1S/C9H19O6P/c1-4-14-9(8(10)11,15-5-2)6-7-16(3,12)13/h4-7H2,1-3H3,(H,10,11)(H,12,13). The van der Waals surface area contributed by atoms with Crippen LogP contribution in [0.4, 0.5) is 0 Å². The zero-order chi connectivity index (χ0) is 12.8. The van der Waals surface area contributed by atoms with Gasteiger partial charge in [-0.25, -0.2) is 4.79 Å². The number of carbonyl (C=O) groups is 1. The fourth-order valence-corrected chi connectivity index (χ4v) is 1.95. The molecule has 0 aliphatic heterocycles. The molecule has 0 heterocycles. The molecule has 1 atom stereocenters. The molecule has 0 bridgehead atoms. The molecular formula is C9H19O6P. The molecule has 0 amide bonds. The van der Waals surface area contributed by atoms with Crippen molar-refractivity contribution in [3.8, 4) is 0 Å². The molecule has 6 nitrogen and oxygen atoms in total. The third kappa shape index (κ3) is 5.07. The van der Waals surface area contributed by atoms with Gasteiger partial charge in [0, 0.05) is 32.5 Å². The zero-order valence-corrected chi connectivity index (χ0v) is 10.7. The number of rotatable bonds is 8. The van der Waals surface area contributed by atoms with Crippen LogP contribution in [0.3, 0.4) is 0 Å². The summed E-state index contributed by atoms with van der Waals surface area (Å²) in [7, 11) is -3.27. The van der Waals surface area contributed by atoms with Crippen LogP contribution < -0.4 is 0 Å². The van der Waals surface area contributed by atoms with Gasteiger partial charge in [-0.15, -0.1) is 0 Å². The minimum atomic E-state index is -3.27. The summed E-state index contributed by atoms with van der Waals surface area (Å²) in [4.78, 5) is 20.2. The second-order valence-electron chi connectivity index (χ2n) is 3.45. The number of hydrogen-bond acceptors (Lipinski definition) is 4. The molecule has 0 aromatic heterocycles. The Balaban J connectivity index is 4.74. The highest BCUT2D eigenvalue weighted by Gasteiger charge is 2.41. The minimum Gasteiger partial charge on any atom is -0.477 e. The topological polar surface area (TPSA) is 93.1 Å². The molecule has 0 spiro atoms. The van der Waals surface area contributed by atoms with E-state index < -0.39 is 19.1 Å². The number of carboxylic acids is 1. The molecule has 0 fully saturated rings. The van der Waals surface area contributed by atoms with Crippen molar-refractivity contribution in [3.05, 3.63) is 0 Å². The molecule has 0 aliphatic carbocycles. The van der Waals surface area contributed by atoms with Crippen molar-refractivity contribution in [1.82, 2.24) is 0 Å². The Kier molecular flexibility index (Phi) is 6.18. The molecule has 2 N–H and O–H groups in total. The highest BCUT2D eigenvalue weighted by atomic mass is 31.2. The maximum Gasteiger partial charge on any atom is 0.364 e. The minimum absolute atomic E-state index is 0.145. The third-order valence-electron chi connectivity index (χ3n) is 1.94. The smallest absolute Gasteiger partial charge is 0.364 e.